The van der Waals surface area contributed by atoms with E-state index in [0.29, 0.717) is 12.5 Å². The van der Waals surface area contributed by atoms with E-state index in [0.717, 1.165) is 43.8 Å². The summed E-state index contributed by atoms with van der Waals surface area (Å²) in [6.07, 6.45) is 3.78. The van der Waals surface area contributed by atoms with Crippen molar-refractivity contribution in [2.24, 2.45) is 0 Å². The van der Waals surface area contributed by atoms with Gasteiger partial charge in [0, 0.05) is 19.0 Å². The topological polar surface area (TPSA) is 41.6 Å². The normalized spacial score (nSPS) is 20.3. The highest BCUT2D eigenvalue weighted by molar-refractivity contribution is 5.96. The molecule has 4 nitrogen and oxygen atoms in total. The van der Waals surface area contributed by atoms with Crippen molar-refractivity contribution in [3.8, 4) is 5.75 Å². The second-order valence-corrected chi connectivity index (χ2v) is 5.27. The summed E-state index contributed by atoms with van der Waals surface area (Å²) in [4.78, 5) is 13.5. The molecule has 0 radical (unpaired) electrons. The maximum Gasteiger partial charge on any atom is 0.227 e. The van der Waals surface area contributed by atoms with Crippen molar-refractivity contribution < 1.29 is 9.53 Å². The Balaban J connectivity index is 1.84. The van der Waals surface area contributed by atoms with Gasteiger partial charge in [-0.2, -0.15) is 0 Å². The second-order valence-electron chi connectivity index (χ2n) is 5.27. The molecule has 0 aliphatic carbocycles. The highest BCUT2D eigenvalue weighted by Gasteiger charge is 2.24. The Hall–Kier alpha value is -1.55. The van der Waals surface area contributed by atoms with Gasteiger partial charge < -0.3 is 15.0 Å². The fraction of sp³-hybridized carbons (Fsp3) is 0.533. The van der Waals surface area contributed by atoms with E-state index in [-0.39, 0.29) is 5.91 Å². The largest absolute Gasteiger partial charge is 0.490 e. The average molecular weight is 260 g/mol. The Morgan fingerprint density at radius 2 is 2.05 bits per heavy atom. The Morgan fingerprint density at radius 3 is 2.84 bits per heavy atom. The van der Waals surface area contributed by atoms with E-state index in [1.54, 1.807) is 4.90 Å². The number of ether oxygens (including phenoxy) is 1. The highest BCUT2D eigenvalue weighted by Crippen LogP contribution is 2.34. The van der Waals surface area contributed by atoms with Crippen LogP contribution in [0.3, 0.4) is 0 Å². The van der Waals surface area contributed by atoms with Gasteiger partial charge in [0.25, 0.3) is 0 Å². The van der Waals surface area contributed by atoms with Gasteiger partial charge in [0.05, 0.1) is 5.69 Å². The van der Waals surface area contributed by atoms with E-state index in [9.17, 15) is 4.79 Å². The maximum absolute atomic E-state index is 11.7. The molecule has 1 N–H and O–H groups in total. The summed E-state index contributed by atoms with van der Waals surface area (Å²) in [5, 5.41) is 3.34. The van der Waals surface area contributed by atoms with Gasteiger partial charge in [-0.15, -0.1) is 0 Å². The van der Waals surface area contributed by atoms with Crippen molar-refractivity contribution in [1.29, 1.82) is 0 Å². The first-order valence-electron chi connectivity index (χ1n) is 7.01. The van der Waals surface area contributed by atoms with Crippen molar-refractivity contribution in [3.05, 3.63) is 23.8 Å². The number of nitrogens with one attached hydrogen (secondary N) is 1. The van der Waals surface area contributed by atoms with Crippen molar-refractivity contribution in [2.45, 2.75) is 31.8 Å². The van der Waals surface area contributed by atoms with Crippen LogP contribution in [0, 0.1) is 0 Å². The van der Waals surface area contributed by atoms with E-state index in [2.05, 4.69) is 5.32 Å². The molecule has 1 fully saturated rings. The van der Waals surface area contributed by atoms with Gasteiger partial charge in [0.1, 0.15) is 11.9 Å². The molecule has 19 heavy (non-hydrogen) atoms. The van der Waals surface area contributed by atoms with Gasteiger partial charge >= 0.3 is 0 Å². The van der Waals surface area contributed by atoms with E-state index >= 15 is 0 Å². The predicted octanol–water partition coefficient (Wildman–Crippen LogP) is 1.73. The molecule has 3 rings (SSSR count). The quantitative estimate of drug-likeness (QED) is 0.880. The first kappa shape index (κ1) is 12.5. The van der Waals surface area contributed by atoms with E-state index in [1.807, 2.05) is 25.2 Å². The Labute approximate surface area is 113 Å². The summed E-state index contributed by atoms with van der Waals surface area (Å²) in [7, 11) is 1.84. The van der Waals surface area contributed by atoms with Gasteiger partial charge in [-0.1, -0.05) is 6.07 Å². The Kier molecular flexibility index (Phi) is 3.42. The number of benzene rings is 1. The Morgan fingerprint density at radius 1 is 1.26 bits per heavy atom. The number of piperidine rings is 1. The zero-order valence-corrected chi connectivity index (χ0v) is 11.3. The lowest BCUT2D eigenvalue weighted by molar-refractivity contribution is -0.118. The number of carbonyl (C=O) groups excluding carboxylic acids is 1. The van der Waals surface area contributed by atoms with Crippen LogP contribution in [-0.4, -0.2) is 32.1 Å². The fourth-order valence-corrected chi connectivity index (χ4v) is 2.86. The average Bonchev–Trinajstić information content (AvgIpc) is 2.45. The minimum Gasteiger partial charge on any atom is -0.490 e. The summed E-state index contributed by atoms with van der Waals surface area (Å²) in [6, 6.07) is 6.01. The molecule has 1 aromatic rings. The van der Waals surface area contributed by atoms with Gasteiger partial charge in [0.15, 0.2) is 0 Å². The molecule has 2 aliphatic heterocycles. The molecule has 2 aliphatic rings. The monoisotopic (exact) mass is 260 g/mol. The van der Waals surface area contributed by atoms with Gasteiger partial charge in [-0.25, -0.2) is 0 Å². The molecule has 1 saturated heterocycles. The zero-order chi connectivity index (χ0) is 13.2. The maximum atomic E-state index is 11.7. The number of anilines is 1. The molecule has 2 heterocycles. The second kappa shape index (κ2) is 5.21. The summed E-state index contributed by atoms with van der Waals surface area (Å²) in [5.74, 6) is 1.15. The molecule has 0 bridgehead atoms. The molecule has 1 aromatic carbocycles. The van der Waals surface area contributed by atoms with Crippen LogP contribution in [0.25, 0.3) is 0 Å². The molecule has 102 valence electrons. The third-order valence-corrected chi connectivity index (χ3v) is 4.01. The number of hydrogen-bond acceptors (Lipinski definition) is 3. The van der Waals surface area contributed by atoms with Crippen molar-refractivity contribution >= 4 is 11.6 Å². The van der Waals surface area contributed by atoms with Gasteiger partial charge in [-0.05, 0) is 44.5 Å². The lowest BCUT2D eigenvalue weighted by Gasteiger charge is -2.30. The fourth-order valence-electron chi connectivity index (χ4n) is 2.86. The predicted molar refractivity (Wildman–Crippen MR) is 74.7 cm³/mol. The number of carbonyl (C=O) groups is 1. The SMILES string of the molecule is CN1C(=O)CCc2c(OC3CCNCC3)cccc21. The minimum absolute atomic E-state index is 0.187. The molecule has 1 amide bonds. The molecule has 0 saturated carbocycles. The third-order valence-electron chi connectivity index (χ3n) is 4.01. The smallest absolute Gasteiger partial charge is 0.227 e. The molecule has 0 aromatic heterocycles. The van der Waals surface area contributed by atoms with Crippen LogP contribution in [0.4, 0.5) is 5.69 Å². The summed E-state index contributed by atoms with van der Waals surface area (Å²) < 4.78 is 6.16. The standard InChI is InChI=1S/C15H20N2O2/c1-17-13-3-2-4-14(12(13)5-6-15(17)18)19-11-7-9-16-10-8-11/h2-4,11,16H,5-10H2,1H3. The van der Waals surface area contributed by atoms with Gasteiger partial charge in [0.2, 0.25) is 5.91 Å². The van der Waals surface area contributed by atoms with E-state index in [1.165, 1.54) is 5.56 Å². The number of fused-ring (bicyclic) bond motifs is 1. The number of nitrogens with zero attached hydrogens (tertiary/aromatic N) is 1. The first-order chi connectivity index (χ1) is 9.25. The molecular formula is C15H20N2O2. The number of hydrogen-bond donors (Lipinski definition) is 1. The van der Waals surface area contributed by atoms with Crippen LogP contribution < -0.4 is 15.0 Å². The van der Waals surface area contributed by atoms with Gasteiger partial charge in [-0.3, -0.25) is 4.79 Å². The van der Waals surface area contributed by atoms with E-state index < -0.39 is 0 Å². The third kappa shape index (κ3) is 2.45. The van der Waals surface area contributed by atoms with Crippen LogP contribution in [0.15, 0.2) is 18.2 Å². The lowest BCUT2D eigenvalue weighted by atomic mass is 10.0. The Bertz CT molecular complexity index is 481. The van der Waals surface area contributed by atoms with Crippen molar-refractivity contribution in [2.75, 3.05) is 25.0 Å². The minimum atomic E-state index is 0.187. The molecule has 0 atom stereocenters. The summed E-state index contributed by atoms with van der Waals surface area (Å²) in [6.45, 7) is 2.05. The summed E-state index contributed by atoms with van der Waals surface area (Å²) >= 11 is 0. The van der Waals surface area contributed by atoms with Crippen LogP contribution in [0.5, 0.6) is 5.75 Å². The first-order valence-corrected chi connectivity index (χ1v) is 7.01. The van der Waals surface area contributed by atoms with Crippen LogP contribution in [-0.2, 0) is 11.2 Å². The summed E-state index contributed by atoms with van der Waals surface area (Å²) in [5.41, 5.74) is 2.19. The van der Waals surface area contributed by atoms with Crippen LogP contribution in [0.1, 0.15) is 24.8 Å². The lowest BCUT2D eigenvalue weighted by Crippen LogP contribution is -2.35. The van der Waals surface area contributed by atoms with E-state index in [4.69, 9.17) is 4.74 Å². The molecule has 4 heteroatoms. The molecule has 0 unspecified atom stereocenters. The highest BCUT2D eigenvalue weighted by atomic mass is 16.5. The van der Waals surface area contributed by atoms with Crippen molar-refractivity contribution in [1.82, 2.24) is 5.32 Å². The number of rotatable bonds is 2. The number of amides is 1. The van der Waals surface area contributed by atoms with Crippen molar-refractivity contribution in [3.63, 3.8) is 0 Å². The molecular weight excluding hydrogens is 240 g/mol. The van der Waals surface area contributed by atoms with Crippen LogP contribution in [0.2, 0.25) is 0 Å². The zero-order valence-electron chi connectivity index (χ0n) is 11.3. The van der Waals surface area contributed by atoms with Crippen LogP contribution >= 0.6 is 0 Å². The molecule has 0 spiro atoms.